The topological polar surface area (TPSA) is 24.4 Å². The average Bonchev–Trinajstić information content (AvgIpc) is 2.71. The number of aliphatic imine (C=N–C) groups is 1. The van der Waals surface area contributed by atoms with E-state index in [2.05, 4.69) is 34.1 Å². The first-order valence-corrected chi connectivity index (χ1v) is 6.22. The summed E-state index contributed by atoms with van der Waals surface area (Å²) in [5.74, 6) is 1.03. The largest absolute Gasteiger partial charge is 0.361 e. The molecular formula is C9H12N2S2. The van der Waals surface area contributed by atoms with Crippen LogP contribution in [0.3, 0.4) is 0 Å². The van der Waals surface area contributed by atoms with Crippen LogP contribution in [0, 0.1) is 0 Å². The second kappa shape index (κ2) is 4.15. The fourth-order valence-electron chi connectivity index (χ4n) is 1.14. The molecule has 0 aromatic carbocycles. The minimum Gasteiger partial charge on any atom is -0.361 e. The van der Waals surface area contributed by atoms with Crippen LogP contribution in [0.25, 0.3) is 0 Å². The molecule has 1 aromatic rings. The highest BCUT2D eigenvalue weighted by Gasteiger charge is 2.12. The lowest BCUT2D eigenvalue weighted by Gasteiger charge is -2.03. The normalized spacial score (nSPS) is 21.3. The number of thioether (sulfide) groups is 1. The Morgan fingerprint density at radius 3 is 3.31 bits per heavy atom. The summed E-state index contributed by atoms with van der Waals surface area (Å²) in [5, 5.41) is 8.73. The van der Waals surface area contributed by atoms with Crippen molar-refractivity contribution in [3.05, 3.63) is 22.4 Å². The fourth-order valence-corrected chi connectivity index (χ4v) is 2.84. The number of hydrogen-bond donors (Lipinski definition) is 1. The summed E-state index contributed by atoms with van der Waals surface area (Å²) >= 11 is 3.54. The van der Waals surface area contributed by atoms with Crippen molar-refractivity contribution in [2.45, 2.75) is 18.7 Å². The van der Waals surface area contributed by atoms with Crippen molar-refractivity contribution in [1.29, 1.82) is 0 Å². The standard InChI is InChI=1S/C9H12N2S2/c1-7-4-10-9(11-7)13-6-8-2-3-12-5-8/h2-3,5,7H,4,6H2,1H3,(H,10,11). The van der Waals surface area contributed by atoms with Crippen molar-refractivity contribution in [1.82, 2.24) is 5.32 Å². The van der Waals surface area contributed by atoms with Gasteiger partial charge in [-0.2, -0.15) is 11.3 Å². The predicted molar refractivity (Wildman–Crippen MR) is 60.5 cm³/mol. The van der Waals surface area contributed by atoms with Gasteiger partial charge >= 0.3 is 0 Å². The van der Waals surface area contributed by atoms with Crippen LogP contribution in [0.1, 0.15) is 12.5 Å². The van der Waals surface area contributed by atoms with E-state index in [0.717, 1.165) is 17.5 Å². The maximum atomic E-state index is 4.39. The van der Waals surface area contributed by atoms with Crippen LogP contribution >= 0.6 is 23.1 Å². The SMILES string of the molecule is CC1CN=C(SCc2ccsc2)N1. The first-order valence-electron chi connectivity index (χ1n) is 4.29. The molecule has 2 nitrogen and oxygen atoms in total. The van der Waals surface area contributed by atoms with E-state index in [9.17, 15) is 0 Å². The minimum absolute atomic E-state index is 0.518. The van der Waals surface area contributed by atoms with Gasteiger partial charge in [0.2, 0.25) is 0 Å². The molecule has 1 N–H and O–H groups in total. The lowest BCUT2D eigenvalue weighted by molar-refractivity contribution is 0.728. The molecule has 0 saturated heterocycles. The molecule has 4 heteroatoms. The van der Waals surface area contributed by atoms with Crippen molar-refractivity contribution >= 4 is 28.3 Å². The third-order valence-corrected chi connectivity index (χ3v) is 3.56. The Hall–Kier alpha value is -0.480. The molecule has 0 fully saturated rings. The van der Waals surface area contributed by atoms with Gasteiger partial charge in [0.15, 0.2) is 5.17 Å². The van der Waals surface area contributed by atoms with Gasteiger partial charge in [-0.05, 0) is 29.3 Å². The van der Waals surface area contributed by atoms with Crippen LogP contribution in [0.4, 0.5) is 0 Å². The Morgan fingerprint density at radius 1 is 1.77 bits per heavy atom. The van der Waals surface area contributed by atoms with Crippen molar-refractivity contribution < 1.29 is 0 Å². The van der Waals surface area contributed by atoms with E-state index in [1.807, 2.05) is 0 Å². The predicted octanol–water partition coefficient (Wildman–Crippen LogP) is 2.33. The molecule has 0 saturated carbocycles. The second-order valence-corrected chi connectivity index (χ2v) is 4.86. The number of nitrogens with zero attached hydrogens (tertiary/aromatic N) is 1. The van der Waals surface area contributed by atoms with Crippen molar-refractivity contribution in [3.8, 4) is 0 Å². The smallest absolute Gasteiger partial charge is 0.157 e. The van der Waals surface area contributed by atoms with Crippen LogP contribution in [0.5, 0.6) is 0 Å². The summed E-state index contributed by atoms with van der Waals surface area (Å²) < 4.78 is 0. The number of hydrogen-bond acceptors (Lipinski definition) is 4. The molecule has 0 amide bonds. The summed E-state index contributed by atoms with van der Waals surface area (Å²) in [6, 6.07) is 2.68. The number of thiophene rings is 1. The molecule has 1 unspecified atom stereocenters. The number of rotatable bonds is 2. The van der Waals surface area contributed by atoms with Crippen molar-refractivity contribution in [2.24, 2.45) is 4.99 Å². The van der Waals surface area contributed by atoms with Gasteiger partial charge in [0, 0.05) is 11.8 Å². The zero-order valence-electron chi connectivity index (χ0n) is 7.49. The van der Waals surface area contributed by atoms with Crippen molar-refractivity contribution in [3.63, 3.8) is 0 Å². The Bertz CT molecular complexity index is 293. The first-order chi connectivity index (χ1) is 6.34. The van der Waals surface area contributed by atoms with E-state index >= 15 is 0 Å². The summed E-state index contributed by atoms with van der Waals surface area (Å²) in [5.41, 5.74) is 1.39. The third kappa shape index (κ3) is 2.48. The van der Waals surface area contributed by atoms with Crippen LogP contribution in [0.15, 0.2) is 21.8 Å². The van der Waals surface area contributed by atoms with Gasteiger partial charge in [-0.1, -0.05) is 11.8 Å². The maximum Gasteiger partial charge on any atom is 0.157 e. The van der Waals surface area contributed by atoms with E-state index in [1.54, 1.807) is 23.1 Å². The van der Waals surface area contributed by atoms with E-state index in [0.29, 0.717) is 6.04 Å². The zero-order chi connectivity index (χ0) is 9.10. The van der Waals surface area contributed by atoms with Crippen LogP contribution < -0.4 is 5.32 Å². The highest BCUT2D eigenvalue weighted by Crippen LogP contribution is 2.17. The molecule has 1 aromatic heterocycles. The molecule has 70 valence electrons. The van der Waals surface area contributed by atoms with E-state index in [1.165, 1.54) is 5.56 Å². The van der Waals surface area contributed by atoms with Gasteiger partial charge in [0.1, 0.15) is 0 Å². The molecule has 0 bridgehead atoms. The van der Waals surface area contributed by atoms with Gasteiger partial charge in [0.05, 0.1) is 6.54 Å². The van der Waals surface area contributed by atoms with E-state index in [-0.39, 0.29) is 0 Å². The molecular weight excluding hydrogens is 200 g/mol. The quantitative estimate of drug-likeness (QED) is 0.813. The second-order valence-electron chi connectivity index (χ2n) is 3.11. The monoisotopic (exact) mass is 212 g/mol. The van der Waals surface area contributed by atoms with E-state index in [4.69, 9.17) is 0 Å². The van der Waals surface area contributed by atoms with Gasteiger partial charge < -0.3 is 5.32 Å². The number of amidine groups is 1. The maximum absolute atomic E-state index is 4.39. The van der Waals surface area contributed by atoms with Crippen LogP contribution in [-0.4, -0.2) is 17.8 Å². The van der Waals surface area contributed by atoms with Gasteiger partial charge in [0.25, 0.3) is 0 Å². The minimum atomic E-state index is 0.518. The number of nitrogens with one attached hydrogen (secondary N) is 1. The molecule has 1 aliphatic rings. The Kier molecular flexibility index (Phi) is 2.90. The summed E-state index contributed by atoms with van der Waals surface area (Å²) in [7, 11) is 0. The van der Waals surface area contributed by atoms with Gasteiger partial charge in [-0.25, -0.2) is 0 Å². The summed E-state index contributed by atoms with van der Waals surface area (Å²) in [4.78, 5) is 4.39. The van der Waals surface area contributed by atoms with Crippen molar-refractivity contribution in [2.75, 3.05) is 6.54 Å². The molecule has 13 heavy (non-hydrogen) atoms. The van der Waals surface area contributed by atoms with Gasteiger partial charge in [-0.15, -0.1) is 0 Å². The molecule has 0 radical (unpaired) electrons. The molecule has 2 rings (SSSR count). The molecule has 2 heterocycles. The lowest BCUT2D eigenvalue weighted by atomic mass is 10.4. The molecule has 1 aliphatic heterocycles. The molecule has 0 aliphatic carbocycles. The Labute approximate surface area is 86.5 Å². The molecule has 1 atom stereocenters. The highest BCUT2D eigenvalue weighted by atomic mass is 32.2. The molecule has 0 spiro atoms. The summed E-state index contributed by atoms with van der Waals surface area (Å²) in [6.45, 7) is 3.08. The third-order valence-electron chi connectivity index (χ3n) is 1.83. The Balaban J connectivity index is 1.81. The van der Waals surface area contributed by atoms with Crippen LogP contribution in [-0.2, 0) is 5.75 Å². The van der Waals surface area contributed by atoms with Crippen LogP contribution in [0.2, 0.25) is 0 Å². The first kappa shape index (κ1) is 9.09. The van der Waals surface area contributed by atoms with E-state index < -0.39 is 0 Å². The highest BCUT2D eigenvalue weighted by molar-refractivity contribution is 8.13. The average molecular weight is 212 g/mol. The van der Waals surface area contributed by atoms with Gasteiger partial charge in [-0.3, -0.25) is 4.99 Å². The fraction of sp³-hybridized carbons (Fsp3) is 0.444. The zero-order valence-corrected chi connectivity index (χ0v) is 9.12. The summed E-state index contributed by atoms with van der Waals surface area (Å²) in [6.07, 6.45) is 0. The Morgan fingerprint density at radius 2 is 2.69 bits per heavy atom. The lowest BCUT2D eigenvalue weighted by Crippen LogP contribution is -2.25.